The number of nitrogens with one attached hydrogen (secondary N) is 1. The molecule has 0 saturated carbocycles. The molecule has 3 rings (SSSR count). The maximum atomic E-state index is 12.5. The highest BCUT2D eigenvalue weighted by atomic mass is 32.2. The topological polar surface area (TPSA) is 132 Å². The van der Waals surface area contributed by atoms with Crippen molar-refractivity contribution in [3.05, 3.63) is 53.7 Å². The normalized spacial score (nSPS) is 15.3. The quantitative estimate of drug-likeness (QED) is 0.453. The Kier molecular flexibility index (Phi) is 7.78. The lowest BCUT2D eigenvalue weighted by atomic mass is 10.2. The predicted octanol–water partition coefficient (Wildman–Crippen LogP) is 1.90. The second kappa shape index (κ2) is 10.7. The van der Waals surface area contributed by atoms with Crippen LogP contribution in [0.4, 0.5) is 5.69 Å². The van der Waals surface area contributed by atoms with Gasteiger partial charge in [-0.2, -0.15) is 0 Å². The molecule has 1 atom stereocenters. The summed E-state index contributed by atoms with van der Waals surface area (Å²) in [5, 5.41) is 2.12. The first-order valence-corrected chi connectivity index (χ1v) is 10.8. The molecule has 3 amide bonds. The Morgan fingerprint density at radius 3 is 2.48 bits per heavy atom. The number of rotatable bonds is 8. The van der Waals surface area contributed by atoms with E-state index in [9.17, 15) is 24.0 Å². The summed E-state index contributed by atoms with van der Waals surface area (Å²) in [6, 6.07) is 9.06. The molecule has 2 heterocycles. The number of pyridine rings is 1. The third-order valence-corrected chi connectivity index (χ3v) is 5.80. The number of benzene rings is 1. The third-order valence-electron chi connectivity index (χ3n) is 4.60. The lowest BCUT2D eigenvalue weighted by Gasteiger charge is -2.11. The van der Waals surface area contributed by atoms with E-state index in [1.165, 1.54) is 49.6 Å². The van der Waals surface area contributed by atoms with Gasteiger partial charge in [-0.3, -0.25) is 19.3 Å². The molecule has 1 unspecified atom stereocenters. The molecule has 2 aromatic rings. The average molecular weight is 471 g/mol. The number of ether oxygens (including phenoxy) is 2. The SMILES string of the molecule is CCOC(=O)c1ccc(NC(=O)COC(=O)c2cccnc2SC2CC(=O)N(C)C2=O)cc1. The van der Waals surface area contributed by atoms with Gasteiger partial charge < -0.3 is 14.8 Å². The van der Waals surface area contributed by atoms with E-state index in [0.717, 1.165) is 16.7 Å². The molecular weight excluding hydrogens is 450 g/mol. The van der Waals surface area contributed by atoms with Crippen molar-refractivity contribution < 1.29 is 33.4 Å². The van der Waals surface area contributed by atoms with E-state index in [2.05, 4.69) is 10.3 Å². The van der Waals surface area contributed by atoms with Crippen molar-refractivity contribution in [2.75, 3.05) is 25.6 Å². The first kappa shape index (κ1) is 23.9. The second-order valence-electron chi connectivity index (χ2n) is 6.88. The Labute approximate surface area is 193 Å². The maximum absolute atomic E-state index is 12.5. The first-order chi connectivity index (χ1) is 15.8. The summed E-state index contributed by atoms with van der Waals surface area (Å²) < 4.78 is 9.98. The predicted molar refractivity (Wildman–Crippen MR) is 118 cm³/mol. The maximum Gasteiger partial charge on any atom is 0.341 e. The van der Waals surface area contributed by atoms with Gasteiger partial charge in [0.15, 0.2) is 6.61 Å². The highest BCUT2D eigenvalue weighted by Gasteiger charge is 2.37. The molecule has 172 valence electrons. The van der Waals surface area contributed by atoms with E-state index < -0.39 is 29.7 Å². The lowest BCUT2D eigenvalue weighted by molar-refractivity contribution is -0.136. The number of anilines is 1. The Morgan fingerprint density at radius 2 is 1.85 bits per heavy atom. The zero-order valence-electron chi connectivity index (χ0n) is 17.9. The number of likely N-dealkylation sites (tertiary alicyclic amines) is 1. The second-order valence-corrected chi connectivity index (χ2v) is 8.07. The number of thioether (sulfide) groups is 1. The zero-order valence-corrected chi connectivity index (χ0v) is 18.7. The van der Waals surface area contributed by atoms with E-state index in [-0.39, 0.29) is 35.4 Å². The van der Waals surface area contributed by atoms with E-state index in [1.54, 1.807) is 6.92 Å². The molecule has 0 bridgehead atoms. The van der Waals surface area contributed by atoms with Crippen LogP contribution in [-0.2, 0) is 23.9 Å². The van der Waals surface area contributed by atoms with Crippen molar-refractivity contribution in [2.24, 2.45) is 0 Å². The summed E-state index contributed by atoms with van der Waals surface area (Å²) >= 11 is 1.00. The molecule has 1 aromatic heterocycles. The van der Waals surface area contributed by atoms with Crippen molar-refractivity contribution in [3.8, 4) is 0 Å². The Hall–Kier alpha value is -3.73. The minimum Gasteiger partial charge on any atom is -0.462 e. The number of nitrogens with zero attached hydrogens (tertiary/aromatic N) is 2. The molecule has 0 spiro atoms. The van der Waals surface area contributed by atoms with Crippen molar-refractivity contribution in [1.29, 1.82) is 0 Å². The fraction of sp³-hybridized carbons (Fsp3) is 0.273. The molecule has 1 fully saturated rings. The zero-order chi connectivity index (χ0) is 24.0. The van der Waals surface area contributed by atoms with Crippen molar-refractivity contribution in [2.45, 2.75) is 23.6 Å². The van der Waals surface area contributed by atoms with Crippen LogP contribution in [-0.4, -0.2) is 65.1 Å². The Balaban J connectivity index is 1.56. The molecule has 33 heavy (non-hydrogen) atoms. The largest absolute Gasteiger partial charge is 0.462 e. The summed E-state index contributed by atoms with van der Waals surface area (Å²) in [6.07, 6.45) is 1.47. The number of imide groups is 1. The van der Waals surface area contributed by atoms with Crippen molar-refractivity contribution in [1.82, 2.24) is 9.88 Å². The molecule has 1 aliphatic heterocycles. The number of aromatic nitrogens is 1. The molecule has 0 radical (unpaired) electrons. The van der Waals surface area contributed by atoms with Crippen LogP contribution < -0.4 is 5.32 Å². The fourth-order valence-electron chi connectivity index (χ4n) is 2.90. The third kappa shape index (κ3) is 5.95. The van der Waals surface area contributed by atoms with Gasteiger partial charge in [0.25, 0.3) is 5.91 Å². The Bertz CT molecular complexity index is 1090. The van der Waals surface area contributed by atoms with Crippen LogP contribution in [0.2, 0.25) is 0 Å². The van der Waals surface area contributed by atoms with Gasteiger partial charge in [0.1, 0.15) is 5.03 Å². The van der Waals surface area contributed by atoms with Crippen LogP contribution in [0.5, 0.6) is 0 Å². The Morgan fingerprint density at radius 1 is 1.12 bits per heavy atom. The van der Waals surface area contributed by atoms with Gasteiger partial charge in [0, 0.05) is 25.4 Å². The number of esters is 2. The number of hydrogen-bond donors (Lipinski definition) is 1. The molecule has 1 aromatic carbocycles. The molecule has 1 aliphatic rings. The number of carbonyl (C=O) groups excluding carboxylic acids is 5. The molecule has 11 heteroatoms. The number of carbonyl (C=O) groups is 5. The number of amides is 3. The minimum absolute atomic E-state index is 0.0163. The number of hydrogen-bond acceptors (Lipinski definition) is 9. The summed E-state index contributed by atoms with van der Waals surface area (Å²) in [5.74, 6) is -2.50. The van der Waals surface area contributed by atoms with Gasteiger partial charge in [-0.25, -0.2) is 14.6 Å². The van der Waals surface area contributed by atoms with E-state index >= 15 is 0 Å². The lowest BCUT2D eigenvalue weighted by Crippen LogP contribution is -2.26. The summed E-state index contributed by atoms with van der Waals surface area (Å²) in [5.41, 5.74) is 0.843. The summed E-state index contributed by atoms with van der Waals surface area (Å²) in [7, 11) is 1.40. The average Bonchev–Trinajstić information content (AvgIpc) is 3.05. The van der Waals surface area contributed by atoms with Crippen LogP contribution in [0.3, 0.4) is 0 Å². The van der Waals surface area contributed by atoms with Gasteiger partial charge in [0.05, 0.1) is 23.0 Å². The van der Waals surface area contributed by atoms with Crippen LogP contribution >= 0.6 is 11.8 Å². The standard InChI is InChI=1S/C22H21N3O7S/c1-3-31-21(29)13-6-8-14(9-7-13)24-17(26)12-32-22(30)15-5-4-10-23-19(15)33-16-11-18(27)25(2)20(16)28/h4-10,16H,3,11-12H2,1-2H3,(H,24,26). The highest BCUT2D eigenvalue weighted by molar-refractivity contribution is 8.00. The van der Waals surface area contributed by atoms with Gasteiger partial charge in [-0.1, -0.05) is 11.8 Å². The molecule has 1 saturated heterocycles. The van der Waals surface area contributed by atoms with E-state index in [4.69, 9.17) is 9.47 Å². The fourth-order valence-corrected chi connectivity index (χ4v) is 4.05. The van der Waals surface area contributed by atoms with Gasteiger partial charge in [-0.05, 0) is 43.3 Å². The molecule has 10 nitrogen and oxygen atoms in total. The molecular formula is C22H21N3O7S. The highest BCUT2D eigenvalue weighted by Crippen LogP contribution is 2.31. The molecule has 1 N–H and O–H groups in total. The minimum atomic E-state index is -0.788. The van der Waals surface area contributed by atoms with E-state index in [1.807, 2.05) is 0 Å². The van der Waals surface area contributed by atoms with E-state index in [0.29, 0.717) is 11.3 Å². The van der Waals surface area contributed by atoms with Crippen LogP contribution in [0, 0.1) is 0 Å². The van der Waals surface area contributed by atoms with Crippen molar-refractivity contribution in [3.63, 3.8) is 0 Å². The van der Waals surface area contributed by atoms with Crippen LogP contribution in [0.25, 0.3) is 0 Å². The van der Waals surface area contributed by atoms with Crippen LogP contribution in [0.15, 0.2) is 47.6 Å². The van der Waals surface area contributed by atoms with Gasteiger partial charge in [0.2, 0.25) is 11.8 Å². The molecule has 0 aliphatic carbocycles. The summed E-state index contributed by atoms with van der Waals surface area (Å²) in [6.45, 7) is 1.40. The van der Waals surface area contributed by atoms with Gasteiger partial charge in [-0.15, -0.1) is 0 Å². The van der Waals surface area contributed by atoms with Crippen molar-refractivity contribution >= 4 is 47.1 Å². The van der Waals surface area contributed by atoms with Crippen LogP contribution in [0.1, 0.15) is 34.1 Å². The summed E-state index contributed by atoms with van der Waals surface area (Å²) in [4.78, 5) is 65.4. The van der Waals surface area contributed by atoms with Gasteiger partial charge >= 0.3 is 11.9 Å². The first-order valence-electron chi connectivity index (χ1n) is 9.96. The smallest absolute Gasteiger partial charge is 0.341 e. The monoisotopic (exact) mass is 471 g/mol.